The third-order valence-electron chi connectivity index (χ3n) is 6.17. The van der Waals surface area contributed by atoms with Gasteiger partial charge in [0.25, 0.3) is 0 Å². The highest BCUT2D eigenvalue weighted by atomic mass is 16.5. The summed E-state index contributed by atoms with van der Waals surface area (Å²) in [5.41, 5.74) is 2.34. The Hall–Kier alpha value is -2.73. The Morgan fingerprint density at radius 2 is 1.94 bits per heavy atom. The first kappa shape index (κ1) is 23.9. The van der Waals surface area contributed by atoms with E-state index in [9.17, 15) is 9.90 Å². The van der Waals surface area contributed by atoms with Gasteiger partial charge < -0.3 is 19.5 Å². The van der Waals surface area contributed by atoms with E-state index in [1.807, 2.05) is 29.2 Å². The first-order chi connectivity index (χ1) is 15.3. The van der Waals surface area contributed by atoms with Crippen LogP contribution < -0.4 is 9.47 Å². The fourth-order valence-corrected chi connectivity index (χ4v) is 4.66. The van der Waals surface area contributed by atoms with Crippen molar-refractivity contribution >= 4 is 5.91 Å². The molecule has 2 unspecified atom stereocenters. The molecule has 2 atom stereocenters. The van der Waals surface area contributed by atoms with Gasteiger partial charge in [-0.05, 0) is 47.2 Å². The molecule has 2 aromatic carbocycles. The molecule has 0 saturated carbocycles. The molecule has 0 aromatic heterocycles. The van der Waals surface area contributed by atoms with E-state index in [2.05, 4.69) is 30.9 Å². The molecular formula is C26H36N2O4. The summed E-state index contributed by atoms with van der Waals surface area (Å²) in [6.45, 7) is 10.0. The topological polar surface area (TPSA) is 62.2 Å². The smallest absolute Gasteiger partial charge is 0.219 e. The summed E-state index contributed by atoms with van der Waals surface area (Å²) in [6, 6.07) is 13.8. The van der Waals surface area contributed by atoms with Gasteiger partial charge in [-0.3, -0.25) is 9.69 Å². The molecule has 1 amide bonds. The first-order valence-electron chi connectivity index (χ1n) is 11.3. The van der Waals surface area contributed by atoms with Crippen molar-refractivity contribution in [1.29, 1.82) is 0 Å². The van der Waals surface area contributed by atoms with Gasteiger partial charge in [-0.2, -0.15) is 0 Å². The van der Waals surface area contributed by atoms with Crippen molar-refractivity contribution in [3.63, 3.8) is 0 Å². The Morgan fingerprint density at radius 1 is 1.16 bits per heavy atom. The average Bonchev–Trinajstić information content (AvgIpc) is 3.16. The molecule has 32 heavy (non-hydrogen) atoms. The van der Waals surface area contributed by atoms with E-state index in [4.69, 9.17) is 9.47 Å². The van der Waals surface area contributed by atoms with Gasteiger partial charge >= 0.3 is 0 Å². The lowest BCUT2D eigenvalue weighted by atomic mass is 9.88. The standard InChI is InChI=1S/C26H36N2O4/c1-18(2)13-28(19(3)29)16-22-15-27(14-20-9-10-25(30)26(11-20)32-5)17-24(22)21-7-6-8-23(12-21)31-4/h6-12,18,22,24,30H,13-17H2,1-5H3. The van der Waals surface area contributed by atoms with Crippen molar-refractivity contribution < 1.29 is 19.4 Å². The first-order valence-corrected chi connectivity index (χ1v) is 11.3. The van der Waals surface area contributed by atoms with Gasteiger partial charge in [-0.1, -0.05) is 32.0 Å². The number of phenolic OH excluding ortho intramolecular Hbond substituents is 1. The third kappa shape index (κ3) is 5.94. The summed E-state index contributed by atoms with van der Waals surface area (Å²) in [4.78, 5) is 16.8. The lowest BCUT2D eigenvalue weighted by Crippen LogP contribution is -2.38. The highest BCUT2D eigenvalue weighted by Gasteiger charge is 2.35. The Kier molecular flexibility index (Phi) is 8.02. The van der Waals surface area contributed by atoms with Gasteiger partial charge in [0, 0.05) is 45.6 Å². The average molecular weight is 441 g/mol. The molecule has 6 heteroatoms. The number of nitrogens with zero attached hydrogens (tertiary/aromatic N) is 2. The lowest BCUT2D eigenvalue weighted by molar-refractivity contribution is -0.130. The van der Waals surface area contributed by atoms with Crippen LogP contribution >= 0.6 is 0 Å². The zero-order chi connectivity index (χ0) is 23.3. The van der Waals surface area contributed by atoms with E-state index in [1.165, 1.54) is 5.56 Å². The Morgan fingerprint density at radius 3 is 2.59 bits per heavy atom. The Balaban J connectivity index is 1.83. The van der Waals surface area contributed by atoms with Crippen LogP contribution in [0.3, 0.4) is 0 Å². The molecule has 1 saturated heterocycles. The van der Waals surface area contributed by atoms with Crippen LogP contribution in [0.5, 0.6) is 17.2 Å². The summed E-state index contributed by atoms with van der Waals surface area (Å²) in [5.74, 6) is 2.68. The number of hydrogen-bond donors (Lipinski definition) is 1. The van der Waals surface area contributed by atoms with Crippen LogP contribution in [0.4, 0.5) is 0 Å². The third-order valence-corrected chi connectivity index (χ3v) is 6.17. The second kappa shape index (κ2) is 10.7. The van der Waals surface area contributed by atoms with Crippen molar-refractivity contribution in [2.24, 2.45) is 11.8 Å². The number of amides is 1. The molecule has 3 rings (SSSR count). The fourth-order valence-electron chi connectivity index (χ4n) is 4.66. The molecule has 1 aliphatic heterocycles. The fraction of sp³-hybridized carbons (Fsp3) is 0.500. The number of hydrogen-bond acceptors (Lipinski definition) is 5. The monoisotopic (exact) mass is 440 g/mol. The van der Waals surface area contributed by atoms with Gasteiger partial charge in [0.1, 0.15) is 5.75 Å². The highest BCUT2D eigenvalue weighted by molar-refractivity contribution is 5.73. The highest BCUT2D eigenvalue weighted by Crippen LogP contribution is 2.36. The number of phenols is 1. The van der Waals surface area contributed by atoms with Crippen molar-refractivity contribution in [3.05, 3.63) is 53.6 Å². The Labute approximate surface area is 191 Å². The van der Waals surface area contributed by atoms with Crippen LogP contribution in [0, 0.1) is 11.8 Å². The number of rotatable bonds is 9. The summed E-state index contributed by atoms with van der Waals surface area (Å²) in [6.07, 6.45) is 0. The molecule has 0 aliphatic carbocycles. The molecule has 1 fully saturated rings. The maximum atomic E-state index is 12.3. The normalized spacial score (nSPS) is 18.7. The van der Waals surface area contributed by atoms with Gasteiger partial charge in [-0.25, -0.2) is 0 Å². The maximum Gasteiger partial charge on any atom is 0.219 e. The molecule has 1 heterocycles. The number of methoxy groups -OCH3 is 2. The summed E-state index contributed by atoms with van der Waals surface area (Å²) >= 11 is 0. The zero-order valence-corrected chi connectivity index (χ0v) is 19.9. The minimum Gasteiger partial charge on any atom is -0.504 e. The minimum absolute atomic E-state index is 0.129. The number of likely N-dealkylation sites (tertiary alicyclic amines) is 1. The van der Waals surface area contributed by atoms with Gasteiger partial charge in [0.2, 0.25) is 5.91 Å². The number of carbonyl (C=O) groups is 1. The van der Waals surface area contributed by atoms with Crippen LogP contribution in [0.25, 0.3) is 0 Å². The molecule has 6 nitrogen and oxygen atoms in total. The molecule has 0 bridgehead atoms. The second-order valence-corrected chi connectivity index (χ2v) is 9.16. The van der Waals surface area contributed by atoms with Crippen LogP contribution in [0.15, 0.2) is 42.5 Å². The van der Waals surface area contributed by atoms with Crippen molar-refractivity contribution in [2.75, 3.05) is 40.4 Å². The maximum absolute atomic E-state index is 12.3. The van der Waals surface area contributed by atoms with E-state index < -0.39 is 0 Å². The van der Waals surface area contributed by atoms with E-state index in [0.29, 0.717) is 23.5 Å². The molecule has 1 aliphatic rings. The van der Waals surface area contributed by atoms with Crippen LogP contribution in [-0.4, -0.2) is 61.2 Å². The van der Waals surface area contributed by atoms with Gasteiger partial charge in [0.05, 0.1) is 14.2 Å². The van der Waals surface area contributed by atoms with Crippen LogP contribution in [-0.2, 0) is 11.3 Å². The Bertz CT molecular complexity index is 914. The predicted molar refractivity (Wildman–Crippen MR) is 126 cm³/mol. The van der Waals surface area contributed by atoms with Crippen molar-refractivity contribution in [1.82, 2.24) is 9.80 Å². The number of benzene rings is 2. The predicted octanol–water partition coefficient (Wildman–Crippen LogP) is 4.13. The van der Waals surface area contributed by atoms with Crippen LogP contribution in [0.1, 0.15) is 37.8 Å². The quantitative estimate of drug-likeness (QED) is 0.635. The van der Waals surface area contributed by atoms with Crippen molar-refractivity contribution in [3.8, 4) is 17.2 Å². The molecule has 1 N–H and O–H groups in total. The second-order valence-electron chi connectivity index (χ2n) is 9.16. The van der Waals surface area contributed by atoms with Crippen molar-refractivity contribution in [2.45, 2.75) is 33.2 Å². The van der Waals surface area contributed by atoms with Gasteiger partial charge in [-0.15, -0.1) is 0 Å². The summed E-state index contributed by atoms with van der Waals surface area (Å²) in [5, 5.41) is 9.91. The zero-order valence-electron chi connectivity index (χ0n) is 19.9. The molecule has 2 aromatic rings. The lowest BCUT2D eigenvalue weighted by Gasteiger charge is -2.29. The largest absolute Gasteiger partial charge is 0.504 e. The van der Waals surface area contributed by atoms with E-state index in [-0.39, 0.29) is 11.7 Å². The summed E-state index contributed by atoms with van der Waals surface area (Å²) < 4.78 is 10.7. The number of carbonyl (C=O) groups excluding carboxylic acids is 1. The van der Waals surface area contributed by atoms with Gasteiger partial charge in [0.15, 0.2) is 11.5 Å². The minimum atomic E-state index is 0.129. The molecule has 0 spiro atoms. The number of aromatic hydroxyl groups is 1. The molecular weight excluding hydrogens is 404 g/mol. The molecule has 174 valence electrons. The van der Waals surface area contributed by atoms with Crippen LogP contribution in [0.2, 0.25) is 0 Å². The summed E-state index contributed by atoms with van der Waals surface area (Å²) in [7, 11) is 3.25. The SMILES string of the molecule is COc1cccc(C2CN(Cc3ccc(O)c(OC)c3)CC2CN(CC(C)C)C(C)=O)c1. The van der Waals surface area contributed by atoms with E-state index in [0.717, 1.165) is 44.0 Å². The number of ether oxygens (including phenoxy) is 2. The molecule has 0 radical (unpaired) electrons. The van der Waals surface area contributed by atoms with E-state index in [1.54, 1.807) is 27.2 Å². The van der Waals surface area contributed by atoms with E-state index >= 15 is 0 Å².